The summed E-state index contributed by atoms with van der Waals surface area (Å²) in [7, 11) is 5.69. The van der Waals surface area contributed by atoms with E-state index in [1.807, 2.05) is 76.5 Å². The molecule has 1 heterocycles. The molecule has 0 aliphatic rings. The zero-order chi connectivity index (χ0) is 21.7. The van der Waals surface area contributed by atoms with Gasteiger partial charge in [0.25, 0.3) is 5.91 Å². The largest absolute Gasteiger partial charge is 0.496 e. The second kappa shape index (κ2) is 9.63. The van der Waals surface area contributed by atoms with Crippen LogP contribution in [0.5, 0.6) is 5.75 Å². The van der Waals surface area contributed by atoms with Gasteiger partial charge in [-0.2, -0.15) is 0 Å². The Morgan fingerprint density at radius 3 is 2.40 bits per heavy atom. The Kier molecular flexibility index (Phi) is 6.95. The lowest BCUT2D eigenvalue weighted by Gasteiger charge is -2.26. The summed E-state index contributed by atoms with van der Waals surface area (Å²) in [5.74, 6) is 0.774. The lowest BCUT2D eigenvalue weighted by atomic mass is 10.0. The number of carbonyl (C=O) groups excluding carboxylic acids is 1. The number of para-hydroxylation sites is 1. The van der Waals surface area contributed by atoms with Crippen LogP contribution in [0.2, 0.25) is 0 Å². The second-order valence-corrected chi connectivity index (χ2v) is 7.79. The fourth-order valence-corrected chi connectivity index (χ4v) is 3.84. The van der Waals surface area contributed by atoms with Crippen LogP contribution in [0.3, 0.4) is 0 Å². The number of aryl methyl sites for hydroxylation is 1. The fraction of sp³-hybridized carbons (Fsp3) is 0.320. The Morgan fingerprint density at radius 2 is 1.73 bits per heavy atom. The smallest absolute Gasteiger partial charge is 0.253 e. The van der Waals surface area contributed by atoms with E-state index in [4.69, 9.17) is 4.74 Å². The van der Waals surface area contributed by atoms with Crippen LogP contribution in [0, 0.1) is 13.8 Å². The first-order chi connectivity index (χ1) is 14.4. The van der Waals surface area contributed by atoms with Gasteiger partial charge in [-0.1, -0.05) is 48.5 Å². The van der Waals surface area contributed by atoms with E-state index in [1.165, 1.54) is 5.56 Å². The first-order valence-corrected chi connectivity index (χ1v) is 10.2. The number of ether oxygens (including phenoxy) is 1. The average molecular weight is 406 g/mol. The van der Waals surface area contributed by atoms with Crippen LogP contribution in [-0.2, 0) is 6.54 Å². The highest BCUT2D eigenvalue weighted by molar-refractivity contribution is 5.95. The van der Waals surface area contributed by atoms with E-state index < -0.39 is 0 Å². The van der Waals surface area contributed by atoms with Crippen molar-refractivity contribution >= 4 is 5.91 Å². The van der Waals surface area contributed by atoms with Crippen molar-refractivity contribution in [3.63, 3.8) is 0 Å². The van der Waals surface area contributed by atoms with E-state index in [2.05, 4.69) is 26.9 Å². The monoisotopic (exact) mass is 405 g/mol. The maximum Gasteiger partial charge on any atom is 0.253 e. The topological polar surface area (TPSA) is 46.5 Å². The van der Waals surface area contributed by atoms with E-state index in [0.29, 0.717) is 6.54 Å². The molecule has 0 saturated carbocycles. The predicted octanol–water partition coefficient (Wildman–Crippen LogP) is 4.19. The van der Waals surface area contributed by atoms with Crippen LogP contribution in [0.15, 0.2) is 60.7 Å². The van der Waals surface area contributed by atoms with Gasteiger partial charge in [0, 0.05) is 30.0 Å². The van der Waals surface area contributed by atoms with Crippen LogP contribution < -0.4 is 10.1 Å². The zero-order valence-electron chi connectivity index (χ0n) is 18.5. The van der Waals surface area contributed by atoms with Crippen molar-refractivity contribution in [2.75, 3.05) is 27.7 Å². The van der Waals surface area contributed by atoms with Gasteiger partial charge < -0.3 is 19.5 Å². The molecule has 1 amide bonds. The number of carbonyl (C=O) groups is 1. The number of hydrogen-bond donors (Lipinski definition) is 1. The number of benzene rings is 2. The fourth-order valence-electron chi connectivity index (χ4n) is 3.84. The standard InChI is InChI=1S/C25H31N3O2/c1-18-15-22(19(2)28(18)17-20-11-7-6-8-12-20)25(29)26-16-23(27(3)4)21-13-9-10-14-24(21)30-5/h6-15,23H,16-17H2,1-5H3,(H,26,29). The molecule has 5 nitrogen and oxygen atoms in total. The van der Waals surface area contributed by atoms with E-state index in [9.17, 15) is 4.79 Å². The third-order valence-corrected chi connectivity index (χ3v) is 5.58. The maximum absolute atomic E-state index is 13.0. The molecule has 0 aliphatic heterocycles. The molecule has 5 heteroatoms. The molecule has 0 aliphatic carbocycles. The maximum atomic E-state index is 13.0. The molecular formula is C25H31N3O2. The summed E-state index contributed by atoms with van der Waals surface area (Å²) in [4.78, 5) is 15.1. The van der Waals surface area contributed by atoms with Crippen molar-refractivity contribution in [1.29, 1.82) is 0 Å². The van der Waals surface area contributed by atoms with Crippen molar-refractivity contribution in [3.8, 4) is 5.75 Å². The number of likely N-dealkylation sites (N-methyl/N-ethyl adjacent to an activating group) is 1. The van der Waals surface area contributed by atoms with Crippen molar-refractivity contribution < 1.29 is 9.53 Å². The third kappa shape index (κ3) is 4.74. The van der Waals surface area contributed by atoms with Gasteiger partial charge in [0.2, 0.25) is 0 Å². The van der Waals surface area contributed by atoms with Crippen LogP contribution >= 0.6 is 0 Å². The minimum atomic E-state index is -0.0517. The summed E-state index contributed by atoms with van der Waals surface area (Å²) in [6, 6.07) is 20.2. The molecule has 158 valence electrons. The van der Waals surface area contributed by atoms with E-state index >= 15 is 0 Å². The minimum Gasteiger partial charge on any atom is -0.496 e. The van der Waals surface area contributed by atoms with Crippen LogP contribution in [-0.4, -0.2) is 43.1 Å². The Bertz CT molecular complexity index is 993. The lowest BCUT2D eigenvalue weighted by molar-refractivity contribution is 0.0940. The minimum absolute atomic E-state index is 0.0120. The SMILES string of the molecule is COc1ccccc1C(CNC(=O)c1cc(C)n(Cc2ccccc2)c1C)N(C)C. The van der Waals surface area contributed by atoms with Crippen LogP contribution in [0.25, 0.3) is 0 Å². The number of rotatable bonds is 8. The number of nitrogens with zero attached hydrogens (tertiary/aromatic N) is 2. The number of hydrogen-bond acceptors (Lipinski definition) is 3. The number of methoxy groups -OCH3 is 1. The molecule has 3 rings (SSSR count). The molecular weight excluding hydrogens is 374 g/mol. The van der Waals surface area contributed by atoms with Gasteiger partial charge in [0.1, 0.15) is 5.75 Å². The van der Waals surface area contributed by atoms with Gasteiger partial charge in [-0.05, 0) is 45.6 Å². The molecule has 2 aromatic carbocycles. The van der Waals surface area contributed by atoms with Gasteiger partial charge in [0.15, 0.2) is 0 Å². The number of amides is 1. The highest BCUT2D eigenvalue weighted by Gasteiger charge is 2.21. The van der Waals surface area contributed by atoms with Gasteiger partial charge in [-0.3, -0.25) is 4.79 Å². The summed E-state index contributed by atoms with van der Waals surface area (Å²) in [6.45, 7) is 5.31. The Balaban J connectivity index is 1.76. The molecule has 0 spiro atoms. The van der Waals surface area contributed by atoms with Crippen molar-refractivity contribution in [2.24, 2.45) is 0 Å². The van der Waals surface area contributed by atoms with E-state index in [0.717, 1.165) is 34.8 Å². The van der Waals surface area contributed by atoms with Crippen molar-refractivity contribution in [1.82, 2.24) is 14.8 Å². The molecule has 1 aromatic heterocycles. The van der Waals surface area contributed by atoms with E-state index in [1.54, 1.807) is 7.11 Å². The summed E-state index contributed by atoms with van der Waals surface area (Å²) in [5, 5.41) is 3.13. The van der Waals surface area contributed by atoms with Crippen molar-refractivity contribution in [3.05, 3.63) is 88.7 Å². The molecule has 0 fully saturated rings. The molecule has 0 bridgehead atoms. The highest BCUT2D eigenvalue weighted by Crippen LogP contribution is 2.27. The molecule has 30 heavy (non-hydrogen) atoms. The van der Waals surface area contributed by atoms with Gasteiger partial charge in [0.05, 0.1) is 18.7 Å². The normalized spacial score (nSPS) is 12.1. The molecule has 0 saturated heterocycles. The zero-order valence-corrected chi connectivity index (χ0v) is 18.5. The quantitative estimate of drug-likeness (QED) is 0.611. The summed E-state index contributed by atoms with van der Waals surface area (Å²) in [5.41, 5.74) is 5.05. The molecule has 1 N–H and O–H groups in total. The van der Waals surface area contributed by atoms with Crippen LogP contribution in [0.4, 0.5) is 0 Å². The Labute approximate surface area is 179 Å². The molecule has 1 atom stereocenters. The van der Waals surface area contributed by atoms with Crippen LogP contribution in [0.1, 0.15) is 38.9 Å². The molecule has 0 radical (unpaired) electrons. The second-order valence-electron chi connectivity index (χ2n) is 7.79. The van der Waals surface area contributed by atoms with Gasteiger partial charge in [-0.25, -0.2) is 0 Å². The number of nitrogens with one attached hydrogen (secondary N) is 1. The number of aromatic nitrogens is 1. The Hall–Kier alpha value is -3.05. The van der Waals surface area contributed by atoms with Crippen molar-refractivity contribution in [2.45, 2.75) is 26.4 Å². The summed E-state index contributed by atoms with van der Waals surface area (Å²) >= 11 is 0. The highest BCUT2D eigenvalue weighted by atomic mass is 16.5. The first kappa shape index (κ1) is 21.7. The lowest BCUT2D eigenvalue weighted by Crippen LogP contribution is -2.35. The summed E-state index contributed by atoms with van der Waals surface area (Å²) in [6.07, 6.45) is 0. The third-order valence-electron chi connectivity index (χ3n) is 5.58. The first-order valence-electron chi connectivity index (χ1n) is 10.2. The Morgan fingerprint density at radius 1 is 1.07 bits per heavy atom. The van der Waals surface area contributed by atoms with Gasteiger partial charge in [-0.15, -0.1) is 0 Å². The average Bonchev–Trinajstić information content (AvgIpc) is 3.03. The van der Waals surface area contributed by atoms with Gasteiger partial charge >= 0.3 is 0 Å². The predicted molar refractivity (Wildman–Crippen MR) is 121 cm³/mol. The molecule has 3 aromatic rings. The van der Waals surface area contributed by atoms with E-state index in [-0.39, 0.29) is 11.9 Å². The summed E-state index contributed by atoms with van der Waals surface area (Å²) < 4.78 is 7.71. The molecule has 1 unspecified atom stereocenters.